The lowest BCUT2D eigenvalue weighted by molar-refractivity contribution is -0.142. The molecule has 0 spiro atoms. The van der Waals surface area contributed by atoms with E-state index >= 15 is 0 Å². The Labute approximate surface area is 97.0 Å². The molecule has 1 N–H and O–H groups in total. The summed E-state index contributed by atoms with van der Waals surface area (Å²) in [6.45, 7) is 2.15. The molecule has 1 aliphatic heterocycles. The molecule has 1 aliphatic carbocycles. The molecule has 6 heteroatoms. The zero-order chi connectivity index (χ0) is 12.0. The first-order valence-corrected chi connectivity index (χ1v) is 5.89. The molecule has 0 aromatic carbocycles. The van der Waals surface area contributed by atoms with Crippen molar-refractivity contribution in [2.45, 2.75) is 32.0 Å². The summed E-state index contributed by atoms with van der Waals surface area (Å²) in [6, 6.07) is 0. The zero-order valence-corrected chi connectivity index (χ0v) is 9.35. The van der Waals surface area contributed by atoms with Crippen molar-refractivity contribution in [1.29, 1.82) is 0 Å². The molecule has 1 aromatic heterocycles. The van der Waals surface area contributed by atoms with E-state index in [1.54, 1.807) is 0 Å². The number of hydrogen-bond donors (Lipinski definition) is 1. The molecule has 17 heavy (non-hydrogen) atoms. The van der Waals surface area contributed by atoms with E-state index in [1.807, 2.05) is 0 Å². The number of fused-ring (bicyclic) bond motifs is 1. The van der Waals surface area contributed by atoms with E-state index in [1.165, 1.54) is 12.8 Å². The fourth-order valence-corrected chi connectivity index (χ4v) is 2.41. The Morgan fingerprint density at radius 2 is 2.12 bits per heavy atom. The lowest BCUT2D eigenvalue weighted by atomic mass is 10.0. The van der Waals surface area contributed by atoms with Crippen molar-refractivity contribution in [2.75, 3.05) is 13.1 Å². The molecule has 2 aliphatic rings. The maximum Gasteiger partial charge on any atom is 0.435 e. The molecule has 0 bridgehead atoms. The van der Waals surface area contributed by atoms with Gasteiger partial charge in [0.2, 0.25) is 0 Å². The molecule has 3 rings (SSSR count). The van der Waals surface area contributed by atoms with Crippen LogP contribution >= 0.6 is 0 Å². The Kier molecular flexibility index (Phi) is 2.43. The summed E-state index contributed by atoms with van der Waals surface area (Å²) >= 11 is 0. The molecule has 0 atom stereocenters. The molecule has 0 saturated heterocycles. The first-order chi connectivity index (χ1) is 8.04. The van der Waals surface area contributed by atoms with Crippen molar-refractivity contribution >= 4 is 0 Å². The maximum atomic E-state index is 12.7. The number of rotatable bonds is 2. The molecular formula is C11H14F3N3. The van der Waals surface area contributed by atoms with E-state index < -0.39 is 11.9 Å². The Balaban J connectivity index is 1.81. The van der Waals surface area contributed by atoms with Gasteiger partial charge >= 0.3 is 6.18 Å². The van der Waals surface area contributed by atoms with Gasteiger partial charge < -0.3 is 0 Å². The van der Waals surface area contributed by atoms with Crippen molar-refractivity contribution in [2.24, 2.45) is 5.92 Å². The van der Waals surface area contributed by atoms with Gasteiger partial charge in [0.25, 0.3) is 0 Å². The third-order valence-corrected chi connectivity index (χ3v) is 3.49. The molecule has 1 fully saturated rings. The summed E-state index contributed by atoms with van der Waals surface area (Å²) in [5.41, 5.74) is 0.279. The predicted molar refractivity (Wildman–Crippen MR) is 55.3 cm³/mol. The van der Waals surface area contributed by atoms with E-state index in [-0.39, 0.29) is 0 Å². The minimum atomic E-state index is -4.34. The second kappa shape index (κ2) is 3.73. The summed E-state index contributed by atoms with van der Waals surface area (Å²) in [5.74, 6) is 0.706. The van der Waals surface area contributed by atoms with Gasteiger partial charge in [-0.2, -0.15) is 18.3 Å². The smallest absolute Gasteiger partial charge is 0.298 e. The molecule has 0 amide bonds. The van der Waals surface area contributed by atoms with Crippen LogP contribution in [0, 0.1) is 5.92 Å². The average Bonchev–Trinajstić information content (AvgIpc) is 2.94. The summed E-state index contributed by atoms with van der Waals surface area (Å²) in [7, 11) is 0. The fourth-order valence-electron chi connectivity index (χ4n) is 2.41. The average molecular weight is 245 g/mol. The second-order valence-corrected chi connectivity index (χ2v) is 4.96. The van der Waals surface area contributed by atoms with Crippen molar-refractivity contribution in [3.05, 3.63) is 17.0 Å². The van der Waals surface area contributed by atoms with Gasteiger partial charge in [-0.25, -0.2) is 0 Å². The van der Waals surface area contributed by atoms with Gasteiger partial charge in [-0.1, -0.05) is 0 Å². The van der Waals surface area contributed by atoms with Crippen molar-refractivity contribution in [3.63, 3.8) is 0 Å². The van der Waals surface area contributed by atoms with Crippen molar-refractivity contribution < 1.29 is 13.2 Å². The molecule has 0 radical (unpaired) electrons. The minimum Gasteiger partial charge on any atom is -0.298 e. The molecular weight excluding hydrogens is 231 g/mol. The normalized spacial score (nSPS) is 21.6. The van der Waals surface area contributed by atoms with Crippen LogP contribution in [0.25, 0.3) is 0 Å². The monoisotopic (exact) mass is 245 g/mol. The number of hydrogen-bond acceptors (Lipinski definition) is 2. The van der Waals surface area contributed by atoms with Gasteiger partial charge in [0.1, 0.15) is 0 Å². The molecule has 0 unspecified atom stereocenters. The van der Waals surface area contributed by atoms with Crippen LogP contribution in [-0.2, 0) is 19.1 Å². The molecule has 1 saturated carbocycles. The van der Waals surface area contributed by atoms with E-state index in [4.69, 9.17) is 0 Å². The van der Waals surface area contributed by atoms with Crippen molar-refractivity contribution in [1.82, 2.24) is 15.1 Å². The highest BCUT2D eigenvalue weighted by Gasteiger charge is 2.39. The topological polar surface area (TPSA) is 31.9 Å². The first-order valence-electron chi connectivity index (χ1n) is 5.89. The molecule has 3 nitrogen and oxygen atoms in total. The maximum absolute atomic E-state index is 12.7. The van der Waals surface area contributed by atoms with Gasteiger partial charge in [0, 0.05) is 37.3 Å². The van der Waals surface area contributed by atoms with Crippen LogP contribution in [0.5, 0.6) is 0 Å². The van der Waals surface area contributed by atoms with Gasteiger partial charge in [-0.3, -0.25) is 10.00 Å². The third kappa shape index (κ3) is 2.18. The minimum absolute atomic E-state index is 0.351. The largest absolute Gasteiger partial charge is 0.435 e. The third-order valence-electron chi connectivity index (χ3n) is 3.49. The predicted octanol–water partition coefficient (Wildman–Crippen LogP) is 2.20. The highest BCUT2D eigenvalue weighted by atomic mass is 19.4. The Morgan fingerprint density at radius 3 is 2.76 bits per heavy atom. The highest BCUT2D eigenvalue weighted by molar-refractivity contribution is 5.29. The number of alkyl halides is 3. The number of aromatic amines is 1. The van der Waals surface area contributed by atoms with Gasteiger partial charge in [0.15, 0.2) is 5.69 Å². The van der Waals surface area contributed by atoms with Crippen LogP contribution in [0.1, 0.15) is 29.8 Å². The van der Waals surface area contributed by atoms with E-state index in [0.717, 1.165) is 13.1 Å². The van der Waals surface area contributed by atoms with Crippen LogP contribution in [0.4, 0.5) is 13.2 Å². The fraction of sp³-hybridized carbons (Fsp3) is 0.727. The SMILES string of the molecule is FC(F)(F)c1n[nH]c2c1CN(CC1CC1)CC2. The standard InChI is InChI=1S/C11H14F3N3/c12-11(13,14)10-8-6-17(5-7-1-2-7)4-3-9(8)15-16-10/h7H,1-6H2,(H,15,16). The number of H-pyrrole nitrogens is 1. The number of aromatic nitrogens is 2. The van der Waals surface area contributed by atoms with Gasteiger partial charge in [-0.15, -0.1) is 0 Å². The summed E-state index contributed by atoms with van der Waals surface area (Å²) in [6.07, 6.45) is -1.25. The Morgan fingerprint density at radius 1 is 1.35 bits per heavy atom. The summed E-state index contributed by atoms with van der Waals surface area (Å²) in [5, 5.41) is 5.95. The van der Waals surface area contributed by atoms with Crippen LogP contribution < -0.4 is 0 Å². The van der Waals surface area contributed by atoms with Crippen LogP contribution in [0.3, 0.4) is 0 Å². The van der Waals surface area contributed by atoms with Gasteiger partial charge in [-0.05, 0) is 18.8 Å². The number of nitrogens with zero attached hydrogens (tertiary/aromatic N) is 2. The van der Waals surface area contributed by atoms with Crippen LogP contribution in [0.2, 0.25) is 0 Å². The van der Waals surface area contributed by atoms with E-state index in [9.17, 15) is 13.2 Å². The Bertz CT molecular complexity index is 420. The molecule has 2 heterocycles. The van der Waals surface area contributed by atoms with Gasteiger partial charge in [0.05, 0.1) is 0 Å². The summed E-state index contributed by atoms with van der Waals surface area (Å²) in [4.78, 5) is 2.12. The zero-order valence-electron chi connectivity index (χ0n) is 9.35. The van der Waals surface area contributed by atoms with E-state index in [2.05, 4.69) is 15.1 Å². The summed E-state index contributed by atoms with van der Waals surface area (Å²) < 4.78 is 38.1. The second-order valence-electron chi connectivity index (χ2n) is 4.96. The lowest BCUT2D eigenvalue weighted by Crippen LogP contribution is -2.32. The first kappa shape index (κ1) is 11.1. The molecule has 1 aromatic rings. The molecule has 94 valence electrons. The van der Waals surface area contributed by atoms with Crippen molar-refractivity contribution in [3.8, 4) is 0 Å². The quantitative estimate of drug-likeness (QED) is 0.866. The Hall–Kier alpha value is -1.04. The van der Waals surface area contributed by atoms with Crippen LogP contribution in [-0.4, -0.2) is 28.2 Å². The lowest BCUT2D eigenvalue weighted by Gasteiger charge is -2.27. The van der Waals surface area contributed by atoms with Crippen LogP contribution in [0.15, 0.2) is 0 Å². The number of halogens is 3. The van der Waals surface area contributed by atoms with E-state index in [0.29, 0.717) is 30.1 Å². The number of nitrogens with one attached hydrogen (secondary N) is 1. The highest BCUT2D eigenvalue weighted by Crippen LogP contribution is 2.35.